The van der Waals surface area contributed by atoms with Crippen LogP contribution >= 0.6 is 11.6 Å². The smallest absolute Gasteiger partial charge is 0.227 e. The van der Waals surface area contributed by atoms with Gasteiger partial charge in [-0.15, -0.1) is 0 Å². The maximum Gasteiger partial charge on any atom is 0.227 e. The quantitative estimate of drug-likeness (QED) is 0.817. The largest absolute Gasteiger partial charge is 0.493 e. The van der Waals surface area contributed by atoms with Crippen LogP contribution in [0.25, 0.3) is 0 Å². The van der Waals surface area contributed by atoms with Gasteiger partial charge in [0.15, 0.2) is 11.5 Å². The number of carbonyl (C=O) groups excluding carboxylic acids is 1. The number of hydrogen-bond donors (Lipinski definition) is 0. The van der Waals surface area contributed by atoms with Crippen molar-refractivity contribution >= 4 is 17.5 Å². The molecule has 24 heavy (non-hydrogen) atoms. The molecule has 1 aromatic rings. The molecule has 1 amide bonds. The Morgan fingerprint density at radius 3 is 2.75 bits per heavy atom. The van der Waals surface area contributed by atoms with Gasteiger partial charge in [-0.2, -0.15) is 0 Å². The van der Waals surface area contributed by atoms with Crippen LogP contribution in [0.4, 0.5) is 0 Å². The van der Waals surface area contributed by atoms with Gasteiger partial charge in [0.05, 0.1) is 19.6 Å². The van der Waals surface area contributed by atoms with Crippen molar-refractivity contribution in [2.24, 2.45) is 5.92 Å². The Kier molecular flexibility index (Phi) is 5.21. The fraction of sp³-hybridized carbons (Fsp3) is 0.611. The van der Waals surface area contributed by atoms with Gasteiger partial charge in [-0.3, -0.25) is 9.69 Å². The molecule has 3 fully saturated rings. The number of hydrogen-bond acceptors (Lipinski definition) is 4. The zero-order valence-corrected chi connectivity index (χ0v) is 15.3. The van der Waals surface area contributed by atoms with Gasteiger partial charge in [0.25, 0.3) is 0 Å². The Morgan fingerprint density at radius 1 is 1.25 bits per heavy atom. The summed E-state index contributed by atoms with van der Waals surface area (Å²) in [7, 11) is 3.54. The van der Waals surface area contributed by atoms with Gasteiger partial charge in [0.1, 0.15) is 0 Å². The molecule has 0 saturated carbocycles. The van der Waals surface area contributed by atoms with Gasteiger partial charge in [0, 0.05) is 43.8 Å². The lowest BCUT2D eigenvalue weighted by Gasteiger charge is -2.32. The molecule has 0 aromatic heterocycles. The lowest BCUT2D eigenvalue weighted by Crippen LogP contribution is -2.45. The van der Waals surface area contributed by atoms with Gasteiger partial charge in [-0.05, 0) is 31.4 Å². The first-order chi connectivity index (χ1) is 11.5. The minimum atomic E-state index is 0.108. The predicted molar refractivity (Wildman–Crippen MR) is 93.7 cm³/mol. The fourth-order valence-electron chi connectivity index (χ4n) is 3.74. The van der Waals surface area contributed by atoms with Crippen molar-refractivity contribution in [3.8, 4) is 11.5 Å². The molecule has 2 atom stereocenters. The highest BCUT2D eigenvalue weighted by Crippen LogP contribution is 2.35. The van der Waals surface area contributed by atoms with E-state index in [1.165, 1.54) is 0 Å². The Labute approximate surface area is 148 Å². The van der Waals surface area contributed by atoms with Crippen molar-refractivity contribution in [1.82, 2.24) is 9.80 Å². The van der Waals surface area contributed by atoms with E-state index in [-0.39, 0.29) is 11.8 Å². The van der Waals surface area contributed by atoms with E-state index < -0.39 is 0 Å². The van der Waals surface area contributed by atoms with Crippen molar-refractivity contribution < 1.29 is 14.3 Å². The number of likely N-dealkylation sites (N-methyl/N-ethyl adjacent to an activating group) is 1. The van der Waals surface area contributed by atoms with E-state index in [4.69, 9.17) is 21.1 Å². The van der Waals surface area contributed by atoms with E-state index in [0.29, 0.717) is 29.2 Å². The summed E-state index contributed by atoms with van der Waals surface area (Å²) >= 11 is 6.45. The van der Waals surface area contributed by atoms with Gasteiger partial charge in [-0.25, -0.2) is 0 Å². The van der Waals surface area contributed by atoms with Crippen LogP contribution in [0.3, 0.4) is 0 Å². The number of piperidine rings is 1. The number of rotatable bonds is 5. The molecule has 0 aliphatic carbocycles. The molecule has 5 nitrogen and oxygen atoms in total. The highest BCUT2D eigenvalue weighted by Gasteiger charge is 2.38. The number of carbonyl (C=O) groups is 1. The maximum atomic E-state index is 12.3. The van der Waals surface area contributed by atoms with E-state index in [1.807, 2.05) is 31.0 Å². The van der Waals surface area contributed by atoms with Crippen molar-refractivity contribution in [2.45, 2.75) is 32.4 Å². The van der Waals surface area contributed by atoms with E-state index >= 15 is 0 Å². The second kappa shape index (κ2) is 7.19. The summed E-state index contributed by atoms with van der Waals surface area (Å²) in [6.07, 6.45) is 2.08. The van der Waals surface area contributed by atoms with Crippen molar-refractivity contribution in [1.29, 1.82) is 0 Å². The van der Waals surface area contributed by atoms with Crippen LogP contribution in [0.5, 0.6) is 11.5 Å². The van der Waals surface area contributed by atoms with Crippen LogP contribution in [0.2, 0.25) is 5.02 Å². The van der Waals surface area contributed by atoms with Crippen LogP contribution in [0.1, 0.15) is 25.3 Å². The summed E-state index contributed by atoms with van der Waals surface area (Å²) in [5.41, 5.74) is 1.01. The highest BCUT2D eigenvalue weighted by molar-refractivity contribution is 6.31. The van der Waals surface area contributed by atoms with Gasteiger partial charge >= 0.3 is 0 Å². The Morgan fingerprint density at radius 2 is 2.04 bits per heavy atom. The minimum Gasteiger partial charge on any atom is -0.493 e. The Hall–Kier alpha value is -1.46. The van der Waals surface area contributed by atoms with Crippen LogP contribution in [0.15, 0.2) is 12.1 Å². The van der Waals surface area contributed by atoms with Crippen LogP contribution in [-0.4, -0.2) is 55.6 Å². The van der Waals surface area contributed by atoms with Crippen LogP contribution in [0, 0.1) is 5.92 Å². The van der Waals surface area contributed by atoms with Gasteiger partial charge < -0.3 is 14.4 Å². The number of ether oxygens (including phenoxy) is 2. The van der Waals surface area contributed by atoms with Crippen LogP contribution in [-0.2, 0) is 11.3 Å². The zero-order chi connectivity index (χ0) is 17.3. The first kappa shape index (κ1) is 17.4. The Bertz CT molecular complexity index is 623. The Balaban J connectivity index is 1.81. The normalized spacial score (nSPS) is 24.2. The molecule has 4 rings (SSSR count). The highest BCUT2D eigenvalue weighted by atomic mass is 35.5. The summed E-state index contributed by atoms with van der Waals surface area (Å²) in [6.45, 7) is 4.93. The second-order valence-corrected chi connectivity index (χ2v) is 7.01. The molecule has 6 heteroatoms. The fourth-order valence-corrected chi connectivity index (χ4v) is 3.96. The number of halogens is 1. The number of benzene rings is 1. The summed E-state index contributed by atoms with van der Waals surface area (Å²) in [5, 5.41) is 0.673. The molecule has 2 bridgehead atoms. The lowest BCUT2D eigenvalue weighted by molar-refractivity contribution is -0.138. The molecule has 3 heterocycles. The average Bonchev–Trinajstić information content (AvgIpc) is 2.83. The molecule has 3 aliphatic rings. The third-order valence-electron chi connectivity index (χ3n) is 5.07. The molecule has 132 valence electrons. The molecule has 0 spiro atoms. The van der Waals surface area contributed by atoms with E-state index in [0.717, 1.165) is 38.0 Å². The summed E-state index contributed by atoms with van der Waals surface area (Å²) in [6, 6.07) is 4.08. The average molecular weight is 353 g/mol. The van der Waals surface area contributed by atoms with E-state index in [2.05, 4.69) is 4.90 Å². The number of methoxy groups -OCH3 is 1. The standard InChI is InChI=1S/C18H25ClN2O3/c1-4-24-17-7-13(15(19)8-16(17)23-3)10-21-9-12-5-6-14(11-21)20(2)18(12)22/h7-8,12,14H,4-6,9-11H2,1-3H3. The number of amides is 1. The van der Waals surface area contributed by atoms with Crippen LogP contribution < -0.4 is 9.47 Å². The monoisotopic (exact) mass is 352 g/mol. The third kappa shape index (κ3) is 3.33. The van der Waals surface area contributed by atoms with E-state index in [1.54, 1.807) is 7.11 Å². The molecule has 1 aromatic carbocycles. The van der Waals surface area contributed by atoms with Crippen molar-refractivity contribution in [3.05, 3.63) is 22.7 Å². The molecule has 3 aliphatic heterocycles. The summed E-state index contributed by atoms with van der Waals surface area (Å²) in [5.74, 6) is 1.75. The number of nitrogens with zero attached hydrogens (tertiary/aromatic N) is 2. The van der Waals surface area contributed by atoms with Crippen molar-refractivity contribution in [2.75, 3.05) is 33.9 Å². The van der Waals surface area contributed by atoms with Crippen molar-refractivity contribution in [3.63, 3.8) is 0 Å². The zero-order valence-electron chi connectivity index (χ0n) is 14.5. The minimum absolute atomic E-state index is 0.108. The molecule has 3 saturated heterocycles. The second-order valence-electron chi connectivity index (χ2n) is 6.60. The predicted octanol–water partition coefficient (Wildman–Crippen LogP) is 2.80. The topological polar surface area (TPSA) is 42.0 Å². The molecular formula is C18H25ClN2O3. The first-order valence-electron chi connectivity index (χ1n) is 8.51. The first-order valence-corrected chi connectivity index (χ1v) is 8.89. The lowest BCUT2D eigenvalue weighted by atomic mass is 9.95. The van der Waals surface area contributed by atoms with Gasteiger partial charge in [-0.1, -0.05) is 11.6 Å². The molecule has 0 N–H and O–H groups in total. The summed E-state index contributed by atoms with van der Waals surface area (Å²) in [4.78, 5) is 16.6. The molecule has 2 unspecified atom stereocenters. The van der Waals surface area contributed by atoms with Gasteiger partial charge in [0.2, 0.25) is 5.91 Å². The number of fused-ring (bicyclic) bond motifs is 4. The molecular weight excluding hydrogens is 328 g/mol. The summed E-state index contributed by atoms with van der Waals surface area (Å²) < 4.78 is 11.0. The van der Waals surface area contributed by atoms with E-state index in [9.17, 15) is 4.79 Å². The maximum absolute atomic E-state index is 12.3. The SMILES string of the molecule is CCOc1cc(CN2CC3CCC(C2)N(C)C3=O)c(Cl)cc1OC. The third-order valence-corrected chi connectivity index (χ3v) is 5.42. The molecule has 0 radical (unpaired) electrons.